The largest absolute Gasteiger partial charge is 0.453 e. The minimum absolute atomic E-state index is 0.881. The molecule has 0 saturated heterocycles. The van der Waals surface area contributed by atoms with E-state index in [9.17, 15) is 0 Å². The van der Waals surface area contributed by atoms with Crippen LogP contribution in [0.5, 0.6) is 11.5 Å². The van der Waals surface area contributed by atoms with Gasteiger partial charge in [0, 0.05) is 17.0 Å². The third-order valence-corrected chi connectivity index (χ3v) is 4.76. The van der Waals surface area contributed by atoms with E-state index in [2.05, 4.69) is 52.8 Å². The van der Waals surface area contributed by atoms with E-state index in [1.807, 2.05) is 60.8 Å². The second kappa shape index (κ2) is 7.05. The fourth-order valence-corrected chi connectivity index (χ4v) is 3.40. The predicted molar refractivity (Wildman–Crippen MR) is 115 cm³/mol. The Morgan fingerprint density at radius 2 is 1.18 bits per heavy atom. The molecule has 134 valence electrons. The molecule has 0 saturated carbocycles. The van der Waals surface area contributed by atoms with Crippen molar-refractivity contribution in [3.63, 3.8) is 0 Å². The number of fused-ring (bicyclic) bond motifs is 5. The Morgan fingerprint density at radius 1 is 0.571 bits per heavy atom. The Kier molecular flexibility index (Phi) is 4.11. The van der Waals surface area contributed by atoms with Crippen molar-refractivity contribution in [1.29, 1.82) is 0 Å². The van der Waals surface area contributed by atoms with Crippen LogP contribution in [0.15, 0.2) is 103 Å². The van der Waals surface area contributed by atoms with E-state index in [0.717, 1.165) is 28.4 Å². The van der Waals surface area contributed by atoms with Crippen LogP contribution in [-0.4, -0.2) is 4.98 Å². The number of benzene rings is 4. The van der Waals surface area contributed by atoms with Crippen molar-refractivity contribution in [3.05, 3.63) is 103 Å². The zero-order valence-electron chi connectivity index (χ0n) is 15.2. The van der Waals surface area contributed by atoms with Gasteiger partial charge in [0.25, 0.3) is 0 Å². The first-order valence-corrected chi connectivity index (χ1v) is 9.24. The summed E-state index contributed by atoms with van der Waals surface area (Å²) in [7, 11) is 0. The normalized spacial score (nSPS) is 11.4. The SMILES string of the molecule is c1ccc2c(c1)Nc1ccccc1O2.c1ccc2c(c1)ccc1cccnc12. The third-order valence-electron chi connectivity index (χ3n) is 4.76. The van der Waals surface area contributed by atoms with Crippen LogP contribution in [-0.2, 0) is 0 Å². The van der Waals surface area contributed by atoms with Gasteiger partial charge in [-0.3, -0.25) is 4.98 Å². The number of para-hydroxylation sites is 4. The van der Waals surface area contributed by atoms with Crippen LogP contribution in [0.3, 0.4) is 0 Å². The quantitative estimate of drug-likeness (QED) is 0.298. The molecule has 0 aliphatic carbocycles. The molecule has 3 nitrogen and oxygen atoms in total. The van der Waals surface area contributed by atoms with Gasteiger partial charge in [-0.15, -0.1) is 0 Å². The van der Waals surface area contributed by atoms with Crippen molar-refractivity contribution < 1.29 is 4.74 Å². The van der Waals surface area contributed by atoms with Crippen LogP contribution in [0.1, 0.15) is 0 Å². The first kappa shape index (κ1) is 16.3. The lowest BCUT2D eigenvalue weighted by molar-refractivity contribution is 0.481. The number of aromatic nitrogens is 1. The van der Waals surface area contributed by atoms with Crippen molar-refractivity contribution >= 4 is 33.1 Å². The van der Waals surface area contributed by atoms with Gasteiger partial charge in [-0.05, 0) is 35.7 Å². The van der Waals surface area contributed by atoms with Crippen LogP contribution >= 0.6 is 0 Å². The second-order valence-electron chi connectivity index (χ2n) is 6.58. The molecule has 0 radical (unpaired) electrons. The van der Waals surface area contributed by atoms with Crippen LogP contribution < -0.4 is 10.1 Å². The molecule has 4 aromatic carbocycles. The molecule has 2 heterocycles. The molecule has 0 unspecified atom stereocenters. The first-order chi connectivity index (χ1) is 13.9. The summed E-state index contributed by atoms with van der Waals surface area (Å²) >= 11 is 0. The fourth-order valence-electron chi connectivity index (χ4n) is 3.40. The molecule has 3 heteroatoms. The monoisotopic (exact) mass is 362 g/mol. The summed E-state index contributed by atoms with van der Waals surface area (Å²) < 4.78 is 5.71. The highest BCUT2D eigenvalue weighted by atomic mass is 16.5. The molecule has 0 bridgehead atoms. The Bertz CT molecular complexity index is 1140. The zero-order chi connectivity index (χ0) is 18.8. The summed E-state index contributed by atoms with van der Waals surface area (Å²) in [5.41, 5.74) is 3.13. The lowest BCUT2D eigenvalue weighted by atomic mass is 10.1. The summed E-state index contributed by atoms with van der Waals surface area (Å²) in [6, 6.07) is 32.5. The standard InChI is InChI=1S/C13H9N.C12H9NO/c1-2-6-12-10(4-1)7-8-11-5-3-9-14-13(11)12;1-3-7-11-9(5-1)13-10-6-2-4-8-12(10)14-11/h1-9H;1-8,13H. The molecule has 0 atom stereocenters. The van der Waals surface area contributed by atoms with Gasteiger partial charge in [0.2, 0.25) is 0 Å². The maximum absolute atomic E-state index is 5.71. The Hall–Kier alpha value is -3.85. The molecule has 0 amide bonds. The fraction of sp³-hybridized carbons (Fsp3) is 0. The molecular formula is C25H18N2O. The van der Waals surface area contributed by atoms with Gasteiger partial charge in [-0.2, -0.15) is 0 Å². The van der Waals surface area contributed by atoms with Gasteiger partial charge in [-0.25, -0.2) is 0 Å². The second-order valence-corrected chi connectivity index (χ2v) is 6.58. The summed E-state index contributed by atoms with van der Waals surface area (Å²) in [6.07, 6.45) is 1.84. The molecular weight excluding hydrogens is 344 g/mol. The van der Waals surface area contributed by atoms with Gasteiger partial charge >= 0.3 is 0 Å². The van der Waals surface area contributed by atoms with E-state index in [1.54, 1.807) is 0 Å². The van der Waals surface area contributed by atoms with E-state index >= 15 is 0 Å². The van der Waals surface area contributed by atoms with Crippen LogP contribution in [0.25, 0.3) is 21.7 Å². The number of ether oxygens (including phenoxy) is 1. The van der Waals surface area contributed by atoms with Crippen molar-refractivity contribution in [1.82, 2.24) is 4.98 Å². The van der Waals surface area contributed by atoms with Crippen LogP contribution in [0.2, 0.25) is 0 Å². The Morgan fingerprint density at radius 3 is 1.96 bits per heavy atom. The smallest absolute Gasteiger partial charge is 0.150 e. The van der Waals surface area contributed by atoms with E-state index < -0.39 is 0 Å². The summed E-state index contributed by atoms with van der Waals surface area (Å²) in [5.74, 6) is 1.76. The Balaban J connectivity index is 0.000000122. The summed E-state index contributed by atoms with van der Waals surface area (Å²) in [5, 5.41) is 6.99. The highest BCUT2D eigenvalue weighted by Gasteiger charge is 2.13. The molecule has 6 rings (SSSR count). The van der Waals surface area contributed by atoms with E-state index in [-0.39, 0.29) is 0 Å². The van der Waals surface area contributed by atoms with Gasteiger partial charge in [0.15, 0.2) is 11.5 Å². The van der Waals surface area contributed by atoms with Crippen molar-refractivity contribution in [3.8, 4) is 11.5 Å². The molecule has 1 aliphatic rings. The van der Waals surface area contributed by atoms with Crippen molar-refractivity contribution in [2.75, 3.05) is 5.32 Å². The topological polar surface area (TPSA) is 34.1 Å². The number of nitrogens with one attached hydrogen (secondary N) is 1. The van der Waals surface area contributed by atoms with Crippen LogP contribution in [0, 0.1) is 0 Å². The highest BCUT2D eigenvalue weighted by Crippen LogP contribution is 2.40. The molecule has 5 aromatic rings. The van der Waals surface area contributed by atoms with Gasteiger partial charge < -0.3 is 10.1 Å². The molecule has 28 heavy (non-hydrogen) atoms. The molecule has 1 aliphatic heterocycles. The number of hydrogen-bond acceptors (Lipinski definition) is 3. The predicted octanol–water partition coefficient (Wildman–Crippen LogP) is 6.92. The summed E-state index contributed by atoms with van der Waals surface area (Å²) in [6.45, 7) is 0. The van der Waals surface area contributed by atoms with E-state index in [0.29, 0.717) is 0 Å². The third kappa shape index (κ3) is 3.03. The molecule has 1 N–H and O–H groups in total. The number of rotatable bonds is 0. The average molecular weight is 362 g/mol. The summed E-state index contributed by atoms with van der Waals surface area (Å²) in [4.78, 5) is 4.41. The molecule has 0 spiro atoms. The van der Waals surface area contributed by atoms with Crippen molar-refractivity contribution in [2.45, 2.75) is 0 Å². The average Bonchev–Trinajstić information content (AvgIpc) is 2.78. The highest BCUT2D eigenvalue weighted by molar-refractivity contribution is 6.04. The lowest BCUT2D eigenvalue weighted by Gasteiger charge is -2.20. The van der Waals surface area contributed by atoms with Crippen molar-refractivity contribution in [2.24, 2.45) is 0 Å². The minimum Gasteiger partial charge on any atom is -0.453 e. The number of anilines is 2. The number of hydrogen-bond donors (Lipinski definition) is 1. The lowest BCUT2D eigenvalue weighted by Crippen LogP contribution is -2.01. The van der Waals surface area contributed by atoms with Gasteiger partial charge in [0.1, 0.15) is 0 Å². The number of pyridine rings is 1. The Labute approximate surface area is 163 Å². The maximum Gasteiger partial charge on any atom is 0.150 e. The van der Waals surface area contributed by atoms with Gasteiger partial charge in [0.05, 0.1) is 16.9 Å². The minimum atomic E-state index is 0.881. The van der Waals surface area contributed by atoms with E-state index in [1.165, 1.54) is 16.2 Å². The maximum atomic E-state index is 5.71. The molecule has 1 aromatic heterocycles. The van der Waals surface area contributed by atoms with Gasteiger partial charge in [-0.1, -0.05) is 66.7 Å². The zero-order valence-corrected chi connectivity index (χ0v) is 15.2. The molecule has 0 fully saturated rings. The van der Waals surface area contributed by atoms with E-state index in [4.69, 9.17) is 4.74 Å². The number of nitrogens with zero attached hydrogens (tertiary/aromatic N) is 1. The first-order valence-electron chi connectivity index (χ1n) is 9.24. The van der Waals surface area contributed by atoms with Crippen LogP contribution in [0.4, 0.5) is 11.4 Å².